The molecule has 0 spiro atoms. The molecule has 18 saturated carbocycles. The molecule has 0 aromatic carbocycles. The molecule has 12 bridgehead atoms. The molecule has 708 valence electrons. The topological polar surface area (TPSA) is 382 Å². The maximum atomic E-state index is 13.7. The summed E-state index contributed by atoms with van der Waals surface area (Å²) in [5.41, 5.74) is 0.732. The average Bonchev–Trinajstić information content (AvgIpc) is 1.51. The lowest BCUT2D eigenvalue weighted by Crippen LogP contribution is -2.68. The highest BCUT2D eigenvalue weighted by Gasteiger charge is 2.77. The van der Waals surface area contributed by atoms with E-state index in [1.165, 1.54) is 140 Å². The van der Waals surface area contributed by atoms with Gasteiger partial charge in [-0.2, -0.15) is 0 Å². The van der Waals surface area contributed by atoms with Crippen LogP contribution in [0.1, 0.15) is 181 Å². The second-order valence-electron chi connectivity index (χ2n) is 43.3. The Hall–Kier alpha value is -9.97. The van der Waals surface area contributed by atoms with Gasteiger partial charge in [0.25, 0.3) is 35.4 Å². The van der Waals surface area contributed by atoms with E-state index < -0.39 is 66.3 Å². The quantitative estimate of drug-likeness (QED) is 0.0407. The third-order valence-corrected chi connectivity index (χ3v) is 37.7. The lowest BCUT2D eigenvalue weighted by molar-refractivity contribution is -0.179. The van der Waals surface area contributed by atoms with Crippen LogP contribution in [-0.4, -0.2) is 218 Å². The second-order valence-corrected chi connectivity index (χ2v) is 43.3. The van der Waals surface area contributed by atoms with Gasteiger partial charge in [0.05, 0.1) is 71.8 Å². The molecular weight excluding hydrogens is 1700 g/mol. The molecule has 6 heterocycles. The Bertz CT molecular complexity index is 5000. The van der Waals surface area contributed by atoms with Crippen molar-refractivity contribution in [3.05, 3.63) is 74.4 Å². The number of carbonyl (C=O) groups is 18. The van der Waals surface area contributed by atoms with Crippen molar-refractivity contribution in [3.8, 4) is 0 Å². The fourth-order valence-electron chi connectivity index (χ4n) is 33.3. The summed E-state index contributed by atoms with van der Waals surface area (Å²) >= 11 is 0. The first kappa shape index (κ1) is 91.2. The predicted molar refractivity (Wildman–Crippen MR) is 460 cm³/mol. The molecule has 24 fully saturated rings. The van der Waals surface area contributed by atoms with Crippen LogP contribution in [0.3, 0.4) is 0 Å². The normalized spacial score (nSPS) is 41.7. The standard InChI is InChI=1S/C19H23NO4.C18H21NO4.C17H20FNO4.C16H19NO4.C16H21NO4.C15H19NO4/c1-8(2)19(23)24-7-13(21)20-17-12-6-11(16(17)18(20)22)14-9-3-4-10(5-9)15(12)14;1-2-13(21)23-7-12(20)19-17-11-6-10(16(17)18(19)22)14-8-3-4-9(5-8)15(11)14;1-7(2)17(22)23-6-13(20)19-15-12-5-11(14(15)16(19)21)9-3-8(18)4-10(9)12;1-2-13(19)21-7-12(18)17-15-11-6-10(14(15)16(17)20)8-4-3-5-9(8)11;1-9(2)16(20)21-8-14(18)17-13-7-11-5-3-4-10(11)6-12(13)15(17)19;1-2-14(18)20-8-13(17)16-12-7-10-5-3-4-9(10)6-11(12)15(16)19/h9-12,14-17H,1,3-7H2,2H3;2,8-11,14-17H,1,3-7H2;8-12,14-15H,1,3-6H2,2H3;2,8-11,14-15H,1,3-7H2;10-13H,1,3-8H2,2H3;2,9-12H,1,3-8H2. The van der Waals surface area contributed by atoms with Crippen molar-refractivity contribution in [1.29, 1.82) is 0 Å². The molecule has 30 nitrogen and oxygen atoms in total. The van der Waals surface area contributed by atoms with Crippen LogP contribution in [0.15, 0.2) is 74.4 Å². The zero-order valence-corrected chi connectivity index (χ0v) is 75.6. The number of fused-ring (bicyclic) bond motifs is 44. The Balaban J connectivity index is 0.000000102. The summed E-state index contributed by atoms with van der Waals surface area (Å²) in [7, 11) is 0. The molecule has 0 aromatic heterocycles. The Kier molecular flexibility index (Phi) is 24.4. The lowest BCUT2D eigenvalue weighted by atomic mass is 9.62. The number of β-lactam (4-membered cyclic amide) rings is 6. The second kappa shape index (κ2) is 35.4. The maximum absolute atomic E-state index is 13.7. The molecule has 37 atom stereocenters. The van der Waals surface area contributed by atoms with E-state index in [4.69, 9.17) is 28.4 Å². The van der Waals surface area contributed by atoms with Gasteiger partial charge in [-0.15, -0.1) is 0 Å². The number of nitrogens with zero attached hydrogens (tertiary/aromatic N) is 6. The van der Waals surface area contributed by atoms with Gasteiger partial charge >= 0.3 is 35.8 Å². The summed E-state index contributed by atoms with van der Waals surface area (Å²) in [6.45, 7) is 22.6. The number of imide groups is 6. The van der Waals surface area contributed by atoms with Gasteiger partial charge < -0.3 is 28.4 Å². The predicted octanol–water partition coefficient (Wildman–Crippen LogP) is 8.71. The number of amides is 12. The SMILES string of the molecule is C=C(C)C(=O)OCC(=O)N1C(=O)C2C3CC(C4C5CCC(C5)C34)C21.C=C(C)C(=O)OCC(=O)N1C(=O)C2C3CC(C4CC(F)CC43)C21.C=C(C)C(=O)OCC(=O)N1C(=O)C2CC3CCCC3CC21.C=CC(=O)OCC(=O)N1C(=O)C2C3CC(C4C5CCC(C5)C34)C21.C=CC(=O)OCC(=O)N1C(=O)C2C3CC(C4CCCC43)C21.C=CC(=O)OCC(=O)N1C(=O)C2CC3CCCC3CC21. The lowest BCUT2D eigenvalue weighted by Gasteiger charge is -2.53. The molecule has 0 N–H and O–H groups in total. The molecule has 6 saturated heterocycles. The van der Waals surface area contributed by atoms with Gasteiger partial charge in [0, 0.05) is 34.9 Å². The summed E-state index contributed by atoms with van der Waals surface area (Å²) in [5.74, 6) is 8.15. The number of carbonyl (C=O) groups excluding carboxylic acids is 18. The summed E-state index contributed by atoms with van der Waals surface area (Å²) in [5, 5.41) is 0. The minimum atomic E-state index is -0.761. The van der Waals surface area contributed by atoms with Gasteiger partial charge in [-0.1, -0.05) is 84.4 Å². The largest absolute Gasteiger partial charge is 0.452 e. The molecule has 6 aliphatic heterocycles. The molecule has 37 unspecified atom stereocenters. The van der Waals surface area contributed by atoms with Gasteiger partial charge in [0.1, 0.15) is 6.17 Å². The van der Waals surface area contributed by atoms with E-state index in [2.05, 4.69) is 39.5 Å². The van der Waals surface area contributed by atoms with Gasteiger partial charge in [-0.3, -0.25) is 86.9 Å². The van der Waals surface area contributed by atoms with Gasteiger partial charge in [-0.25, -0.2) is 33.2 Å². The van der Waals surface area contributed by atoms with Gasteiger partial charge in [0.15, 0.2) is 39.6 Å². The maximum Gasteiger partial charge on any atom is 0.333 e. The van der Waals surface area contributed by atoms with Crippen LogP contribution in [0.4, 0.5) is 4.39 Å². The van der Waals surface area contributed by atoms with E-state index in [1.54, 1.807) is 6.92 Å². The molecule has 18 aliphatic carbocycles. The smallest absolute Gasteiger partial charge is 0.333 e. The summed E-state index contributed by atoms with van der Waals surface area (Å²) in [6, 6.07) is 0.221. The highest BCUT2D eigenvalue weighted by molar-refractivity contribution is 6.08. The van der Waals surface area contributed by atoms with E-state index >= 15 is 0 Å². The van der Waals surface area contributed by atoms with Crippen molar-refractivity contribution in [2.75, 3.05) is 39.6 Å². The number of esters is 6. The van der Waals surface area contributed by atoms with Gasteiger partial charge in [-0.05, 0) is 278 Å². The molecule has 12 amide bonds. The van der Waals surface area contributed by atoms with Crippen molar-refractivity contribution in [3.63, 3.8) is 0 Å². The zero-order chi connectivity index (χ0) is 93.2. The van der Waals surface area contributed by atoms with Crippen LogP contribution in [-0.2, 0) is 115 Å². The van der Waals surface area contributed by atoms with E-state index in [-0.39, 0.29) is 187 Å². The van der Waals surface area contributed by atoms with Crippen molar-refractivity contribution < 1.29 is 119 Å². The third-order valence-electron chi connectivity index (χ3n) is 37.7. The molecule has 0 radical (unpaired) electrons. The Labute approximate surface area is 766 Å². The van der Waals surface area contributed by atoms with Crippen molar-refractivity contribution >= 4 is 107 Å². The van der Waals surface area contributed by atoms with Crippen LogP contribution >= 0.6 is 0 Å². The molecule has 31 heteroatoms. The monoisotopic (exact) mass is 1820 g/mol. The molecule has 24 aliphatic rings. The van der Waals surface area contributed by atoms with E-state index in [0.717, 1.165) is 123 Å². The molecular formula is C101H123FN6O24. The van der Waals surface area contributed by atoms with Crippen molar-refractivity contribution in [1.82, 2.24) is 29.4 Å². The van der Waals surface area contributed by atoms with Crippen molar-refractivity contribution in [2.24, 2.45) is 178 Å². The van der Waals surface area contributed by atoms with Crippen molar-refractivity contribution in [2.45, 2.75) is 224 Å². The minimum absolute atomic E-state index is 0.0186. The van der Waals surface area contributed by atoms with E-state index in [1.807, 2.05) is 0 Å². The number of hydrogen-bond donors (Lipinski definition) is 0. The van der Waals surface area contributed by atoms with E-state index in [9.17, 15) is 90.7 Å². The number of likely N-dealkylation sites (tertiary alicyclic amines) is 6. The first-order valence-electron chi connectivity index (χ1n) is 48.9. The number of rotatable bonds is 18. The fraction of sp³-hybridized carbons (Fsp3) is 0.703. The van der Waals surface area contributed by atoms with Gasteiger partial charge in [0.2, 0.25) is 35.4 Å². The Morgan fingerprint density at radius 1 is 0.288 bits per heavy atom. The van der Waals surface area contributed by atoms with E-state index in [0.29, 0.717) is 89.8 Å². The van der Waals surface area contributed by atoms with Crippen LogP contribution in [0, 0.1) is 178 Å². The third kappa shape index (κ3) is 14.9. The highest BCUT2D eigenvalue weighted by Crippen LogP contribution is 2.74. The minimum Gasteiger partial charge on any atom is -0.452 e. The molecule has 132 heavy (non-hydrogen) atoms. The summed E-state index contributed by atoms with van der Waals surface area (Å²) < 4.78 is 42.7. The highest BCUT2D eigenvalue weighted by atomic mass is 19.1. The molecule has 0 aromatic rings. The number of halogens is 1. The first-order chi connectivity index (χ1) is 63.2. The average molecular weight is 1820 g/mol. The number of hydrogen-bond acceptors (Lipinski definition) is 24. The summed E-state index contributed by atoms with van der Waals surface area (Å²) in [4.78, 5) is 223. The fourth-order valence-corrected chi connectivity index (χ4v) is 33.3. The van der Waals surface area contributed by atoms with Crippen LogP contribution in [0.5, 0.6) is 0 Å². The van der Waals surface area contributed by atoms with Crippen LogP contribution in [0.2, 0.25) is 0 Å². The molecule has 24 rings (SSSR count). The Morgan fingerprint density at radius 3 is 0.894 bits per heavy atom. The zero-order valence-electron chi connectivity index (χ0n) is 75.6. The Morgan fingerprint density at radius 2 is 0.553 bits per heavy atom. The number of ether oxygens (including phenoxy) is 6. The van der Waals surface area contributed by atoms with Crippen LogP contribution in [0.25, 0.3) is 0 Å². The summed E-state index contributed by atoms with van der Waals surface area (Å²) in [6.07, 6.45) is 30.7. The van der Waals surface area contributed by atoms with Crippen LogP contribution < -0.4 is 0 Å². The first-order valence-corrected chi connectivity index (χ1v) is 48.9. The number of alkyl halides is 1.